The van der Waals surface area contributed by atoms with Gasteiger partial charge in [0.1, 0.15) is 11.4 Å². The van der Waals surface area contributed by atoms with Crippen molar-refractivity contribution >= 4 is 23.7 Å². The number of amides is 1. The fourth-order valence-electron chi connectivity index (χ4n) is 2.36. The van der Waals surface area contributed by atoms with E-state index in [-0.39, 0.29) is 6.09 Å². The standard InChI is InChI=1S/C15H24N4O2S/c1-15(2,3)21-14(20)17-9-11-6-8-19(10-11)12-5-7-16-13(18-12)22-4/h5,7,11H,6,8-10H2,1-4H3,(H,17,20). The molecule has 1 aromatic heterocycles. The van der Waals surface area contributed by atoms with E-state index in [9.17, 15) is 4.79 Å². The Labute approximate surface area is 136 Å². The van der Waals surface area contributed by atoms with E-state index in [0.717, 1.165) is 30.5 Å². The molecule has 1 fully saturated rings. The van der Waals surface area contributed by atoms with Crippen molar-refractivity contribution in [1.82, 2.24) is 15.3 Å². The summed E-state index contributed by atoms with van der Waals surface area (Å²) in [4.78, 5) is 22.6. The molecular formula is C15H24N4O2S. The highest BCUT2D eigenvalue weighted by atomic mass is 32.2. The molecule has 0 saturated carbocycles. The van der Waals surface area contributed by atoms with E-state index in [4.69, 9.17) is 4.74 Å². The molecule has 2 rings (SSSR count). The summed E-state index contributed by atoms with van der Waals surface area (Å²) in [6.07, 6.45) is 4.45. The van der Waals surface area contributed by atoms with Crippen LogP contribution in [0.1, 0.15) is 27.2 Å². The molecule has 1 aliphatic heterocycles. The Bertz CT molecular complexity index is 519. The Hall–Kier alpha value is -1.50. The number of aromatic nitrogens is 2. The third-order valence-corrected chi connectivity index (χ3v) is 3.91. The van der Waals surface area contributed by atoms with Gasteiger partial charge in [-0.05, 0) is 45.4 Å². The number of alkyl carbamates (subject to hydrolysis) is 1. The van der Waals surface area contributed by atoms with E-state index < -0.39 is 5.60 Å². The van der Waals surface area contributed by atoms with Gasteiger partial charge < -0.3 is 15.0 Å². The normalized spacial score (nSPS) is 18.4. The molecule has 122 valence electrons. The lowest BCUT2D eigenvalue weighted by Gasteiger charge is -2.21. The number of rotatable bonds is 4. The van der Waals surface area contributed by atoms with E-state index >= 15 is 0 Å². The Morgan fingerprint density at radius 3 is 3.00 bits per heavy atom. The Balaban J connectivity index is 1.81. The van der Waals surface area contributed by atoms with Gasteiger partial charge in [0.2, 0.25) is 0 Å². The van der Waals surface area contributed by atoms with E-state index in [1.165, 1.54) is 11.8 Å². The van der Waals surface area contributed by atoms with Crippen LogP contribution in [0.5, 0.6) is 0 Å². The number of hydrogen-bond acceptors (Lipinski definition) is 6. The number of nitrogens with zero attached hydrogens (tertiary/aromatic N) is 3. The summed E-state index contributed by atoms with van der Waals surface area (Å²) in [6.45, 7) is 8.06. The Morgan fingerprint density at radius 2 is 2.32 bits per heavy atom. The van der Waals surface area contributed by atoms with Crippen molar-refractivity contribution in [2.45, 2.75) is 37.9 Å². The summed E-state index contributed by atoms with van der Waals surface area (Å²) in [5.41, 5.74) is -0.457. The van der Waals surface area contributed by atoms with Crippen molar-refractivity contribution in [3.05, 3.63) is 12.3 Å². The molecule has 1 aromatic rings. The molecule has 0 aromatic carbocycles. The second-order valence-corrected chi connectivity index (χ2v) is 7.16. The highest BCUT2D eigenvalue weighted by Gasteiger charge is 2.25. The van der Waals surface area contributed by atoms with Crippen LogP contribution in [0.3, 0.4) is 0 Å². The third kappa shape index (κ3) is 5.05. The summed E-state index contributed by atoms with van der Waals surface area (Å²) in [5, 5.41) is 3.64. The van der Waals surface area contributed by atoms with Gasteiger partial charge in [-0.2, -0.15) is 0 Å². The van der Waals surface area contributed by atoms with Crippen LogP contribution >= 0.6 is 11.8 Å². The molecule has 1 amide bonds. The lowest BCUT2D eigenvalue weighted by Crippen LogP contribution is -2.36. The predicted molar refractivity (Wildman–Crippen MR) is 88.4 cm³/mol. The summed E-state index contributed by atoms with van der Waals surface area (Å²) in [6, 6.07) is 1.93. The van der Waals surface area contributed by atoms with Gasteiger partial charge in [0.25, 0.3) is 0 Å². The van der Waals surface area contributed by atoms with Gasteiger partial charge >= 0.3 is 6.09 Å². The largest absolute Gasteiger partial charge is 0.444 e. The maximum atomic E-state index is 11.7. The summed E-state index contributed by atoms with van der Waals surface area (Å²) in [5.74, 6) is 1.37. The van der Waals surface area contributed by atoms with Crippen molar-refractivity contribution in [2.75, 3.05) is 30.8 Å². The van der Waals surface area contributed by atoms with Gasteiger partial charge in [-0.25, -0.2) is 14.8 Å². The number of nitrogens with one attached hydrogen (secondary N) is 1. The van der Waals surface area contributed by atoms with Crippen LogP contribution in [0.4, 0.5) is 10.6 Å². The molecule has 22 heavy (non-hydrogen) atoms. The first-order valence-corrected chi connectivity index (χ1v) is 8.68. The van der Waals surface area contributed by atoms with Crippen LogP contribution in [0.15, 0.2) is 17.4 Å². The molecule has 2 heterocycles. The van der Waals surface area contributed by atoms with Gasteiger partial charge in [-0.1, -0.05) is 11.8 Å². The van der Waals surface area contributed by atoms with Crippen LogP contribution in [0, 0.1) is 5.92 Å². The molecule has 1 unspecified atom stereocenters. The smallest absolute Gasteiger partial charge is 0.407 e. The first kappa shape index (κ1) is 16.9. The fraction of sp³-hybridized carbons (Fsp3) is 0.667. The Morgan fingerprint density at radius 1 is 1.55 bits per heavy atom. The number of carbonyl (C=O) groups is 1. The number of thioether (sulfide) groups is 1. The van der Waals surface area contributed by atoms with Crippen LogP contribution < -0.4 is 10.2 Å². The van der Waals surface area contributed by atoms with Gasteiger partial charge in [0.05, 0.1) is 0 Å². The van der Waals surface area contributed by atoms with E-state index in [0.29, 0.717) is 12.5 Å². The van der Waals surface area contributed by atoms with Gasteiger partial charge in [0.15, 0.2) is 5.16 Å². The summed E-state index contributed by atoms with van der Waals surface area (Å²) >= 11 is 1.54. The Kier molecular flexibility index (Phi) is 5.50. The minimum absolute atomic E-state index is 0.349. The minimum Gasteiger partial charge on any atom is -0.444 e. The molecule has 0 aliphatic carbocycles. The first-order chi connectivity index (χ1) is 10.4. The van der Waals surface area contributed by atoms with Gasteiger partial charge in [-0.3, -0.25) is 0 Å². The fourth-order valence-corrected chi connectivity index (χ4v) is 2.71. The van der Waals surface area contributed by atoms with Crippen LogP contribution in [-0.4, -0.2) is 47.6 Å². The molecule has 0 bridgehead atoms. The van der Waals surface area contributed by atoms with Gasteiger partial charge in [-0.15, -0.1) is 0 Å². The summed E-state index contributed by atoms with van der Waals surface area (Å²) in [7, 11) is 0. The van der Waals surface area contributed by atoms with Crippen LogP contribution in [0.25, 0.3) is 0 Å². The average molecular weight is 324 g/mol. The molecule has 1 saturated heterocycles. The second-order valence-electron chi connectivity index (χ2n) is 6.39. The number of hydrogen-bond donors (Lipinski definition) is 1. The van der Waals surface area contributed by atoms with Crippen LogP contribution in [-0.2, 0) is 4.74 Å². The van der Waals surface area contributed by atoms with Crippen molar-refractivity contribution in [1.29, 1.82) is 0 Å². The highest BCUT2D eigenvalue weighted by molar-refractivity contribution is 7.98. The van der Waals surface area contributed by atoms with Crippen LogP contribution in [0.2, 0.25) is 0 Å². The third-order valence-electron chi connectivity index (χ3n) is 3.35. The predicted octanol–water partition coefficient (Wildman–Crippen LogP) is 2.55. The second kappa shape index (κ2) is 7.17. The van der Waals surface area contributed by atoms with Gasteiger partial charge in [0, 0.05) is 25.8 Å². The van der Waals surface area contributed by atoms with Crippen molar-refractivity contribution in [3.8, 4) is 0 Å². The zero-order chi connectivity index (χ0) is 16.2. The first-order valence-electron chi connectivity index (χ1n) is 7.46. The monoisotopic (exact) mass is 324 g/mol. The average Bonchev–Trinajstić information content (AvgIpc) is 2.92. The maximum Gasteiger partial charge on any atom is 0.407 e. The molecule has 0 radical (unpaired) electrons. The SMILES string of the molecule is CSc1nccc(N2CCC(CNC(=O)OC(C)(C)C)C2)n1. The summed E-state index contributed by atoms with van der Waals surface area (Å²) < 4.78 is 5.25. The molecule has 6 nitrogen and oxygen atoms in total. The quantitative estimate of drug-likeness (QED) is 0.678. The molecule has 0 spiro atoms. The van der Waals surface area contributed by atoms with Crippen molar-refractivity contribution < 1.29 is 9.53 Å². The van der Waals surface area contributed by atoms with E-state index in [2.05, 4.69) is 20.2 Å². The molecule has 1 N–H and O–H groups in total. The number of ether oxygens (including phenoxy) is 1. The van der Waals surface area contributed by atoms with E-state index in [1.54, 1.807) is 6.20 Å². The number of carbonyl (C=O) groups excluding carboxylic acids is 1. The van der Waals surface area contributed by atoms with E-state index in [1.807, 2.05) is 33.1 Å². The maximum absolute atomic E-state index is 11.7. The van der Waals surface area contributed by atoms with Crippen molar-refractivity contribution in [2.24, 2.45) is 5.92 Å². The molecular weight excluding hydrogens is 300 g/mol. The zero-order valence-electron chi connectivity index (χ0n) is 13.6. The topological polar surface area (TPSA) is 67.4 Å². The lowest BCUT2D eigenvalue weighted by atomic mass is 10.1. The van der Waals surface area contributed by atoms with Crippen molar-refractivity contribution in [3.63, 3.8) is 0 Å². The minimum atomic E-state index is -0.457. The molecule has 1 aliphatic rings. The number of anilines is 1. The molecule has 7 heteroatoms. The zero-order valence-corrected chi connectivity index (χ0v) is 14.4. The molecule has 1 atom stereocenters. The highest BCUT2D eigenvalue weighted by Crippen LogP contribution is 2.23. The lowest BCUT2D eigenvalue weighted by molar-refractivity contribution is 0.0520.